The van der Waals surface area contributed by atoms with Gasteiger partial charge in [-0.25, -0.2) is 0 Å². The number of rotatable bonds is 4. The quantitative estimate of drug-likeness (QED) is 0.833. The fourth-order valence-electron chi connectivity index (χ4n) is 5.35. The average Bonchev–Trinajstić information content (AvgIpc) is 2.63. The summed E-state index contributed by atoms with van der Waals surface area (Å²) in [5.74, 6) is 2.43. The van der Waals surface area contributed by atoms with Crippen molar-refractivity contribution in [2.45, 2.75) is 43.2 Å². The third-order valence-electron chi connectivity index (χ3n) is 6.86. The van der Waals surface area contributed by atoms with Crippen LogP contribution in [-0.2, 0) is 5.54 Å². The van der Waals surface area contributed by atoms with E-state index in [9.17, 15) is 0 Å². The highest BCUT2D eigenvalue weighted by Gasteiger charge is 2.63. The number of hydrogen-bond donors (Lipinski definition) is 2. The molecule has 1 spiro atoms. The van der Waals surface area contributed by atoms with Crippen LogP contribution in [0.5, 0.6) is 11.5 Å². The van der Waals surface area contributed by atoms with E-state index in [1.54, 1.807) is 14.2 Å². The van der Waals surface area contributed by atoms with E-state index in [1.165, 1.54) is 36.9 Å². The topological polar surface area (TPSA) is 42.5 Å². The van der Waals surface area contributed by atoms with Crippen molar-refractivity contribution >= 4 is 11.4 Å². The standard InChI is InChI=1S/C22H26N2O2/c1-25-16-6-3-5-15(13-16)23-22-12-9-20(22)21(10-4-11-21)24-19-14-17(26-2)7-8-18(19)22/h3,5-8,13-14,20,23-24H,4,9-12H2,1-2H3. The predicted molar refractivity (Wildman–Crippen MR) is 104 cm³/mol. The Morgan fingerprint density at radius 2 is 1.81 bits per heavy atom. The van der Waals surface area contributed by atoms with E-state index in [4.69, 9.17) is 9.47 Å². The second-order valence-corrected chi connectivity index (χ2v) is 7.97. The Morgan fingerprint density at radius 3 is 2.46 bits per heavy atom. The van der Waals surface area contributed by atoms with Gasteiger partial charge in [0.1, 0.15) is 11.5 Å². The summed E-state index contributed by atoms with van der Waals surface area (Å²) in [4.78, 5) is 0. The van der Waals surface area contributed by atoms with Crippen molar-refractivity contribution in [2.24, 2.45) is 5.92 Å². The monoisotopic (exact) mass is 350 g/mol. The fraction of sp³-hybridized carbons (Fsp3) is 0.455. The van der Waals surface area contributed by atoms with Crippen LogP contribution in [0.1, 0.15) is 37.7 Å². The van der Waals surface area contributed by atoms with Gasteiger partial charge in [-0.2, -0.15) is 0 Å². The van der Waals surface area contributed by atoms with Crippen LogP contribution >= 0.6 is 0 Å². The summed E-state index contributed by atoms with van der Waals surface area (Å²) in [7, 11) is 3.46. The van der Waals surface area contributed by atoms with Crippen LogP contribution in [0.15, 0.2) is 42.5 Å². The number of ether oxygens (including phenoxy) is 2. The molecule has 136 valence electrons. The van der Waals surface area contributed by atoms with Crippen molar-refractivity contribution in [3.05, 3.63) is 48.0 Å². The van der Waals surface area contributed by atoms with Gasteiger partial charge in [-0.1, -0.05) is 12.1 Å². The molecule has 26 heavy (non-hydrogen) atoms. The van der Waals surface area contributed by atoms with Gasteiger partial charge in [0.25, 0.3) is 0 Å². The van der Waals surface area contributed by atoms with Gasteiger partial charge in [-0.15, -0.1) is 0 Å². The van der Waals surface area contributed by atoms with Crippen molar-refractivity contribution in [3.8, 4) is 11.5 Å². The molecule has 2 fully saturated rings. The van der Waals surface area contributed by atoms with Gasteiger partial charge in [0, 0.05) is 40.5 Å². The summed E-state index contributed by atoms with van der Waals surface area (Å²) in [6.45, 7) is 0. The molecule has 0 radical (unpaired) electrons. The minimum Gasteiger partial charge on any atom is -0.497 e. The first-order chi connectivity index (χ1) is 12.7. The van der Waals surface area contributed by atoms with Gasteiger partial charge >= 0.3 is 0 Å². The molecule has 1 heterocycles. The van der Waals surface area contributed by atoms with Gasteiger partial charge < -0.3 is 20.1 Å². The Morgan fingerprint density at radius 1 is 1.00 bits per heavy atom. The van der Waals surface area contributed by atoms with E-state index in [-0.39, 0.29) is 11.1 Å². The predicted octanol–water partition coefficient (Wildman–Crippen LogP) is 4.77. The van der Waals surface area contributed by atoms with E-state index in [2.05, 4.69) is 47.0 Å². The summed E-state index contributed by atoms with van der Waals surface area (Å²) >= 11 is 0. The normalized spacial score (nSPS) is 27.2. The number of benzene rings is 2. The van der Waals surface area contributed by atoms with E-state index >= 15 is 0 Å². The zero-order chi connectivity index (χ0) is 17.8. The van der Waals surface area contributed by atoms with Crippen LogP contribution in [-0.4, -0.2) is 19.8 Å². The lowest BCUT2D eigenvalue weighted by atomic mass is 9.48. The minimum absolute atomic E-state index is 0.000358. The highest BCUT2D eigenvalue weighted by molar-refractivity contribution is 5.67. The van der Waals surface area contributed by atoms with Crippen molar-refractivity contribution < 1.29 is 9.47 Å². The number of methoxy groups -OCH3 is 2. The van der Waals surface area contributed by atoms with Crippen molar-refractivity contribution in [1.82, 2.24) is 0 Å². The molecule has 2 aromatic carbocycles. The Bertz CT molecular complexity index is 846. The molecule has 0 aromatic heterocycles. The molecule has 2 aromatic rings. The molecule has 5 rings (SSSR count). The molecule has 2 unspecified atom stereocenters. The van der Waals surface area contributed by atoms with E-state index in [0.29, 0.717) is 5.92 Å². The molecule has 3 aliphatic rings. The Labute approximate surface area is 154 Å². The first kappa shape index (κ1) is 15.9. The minimum atomic E-state index is -0.000358. The zero-order valence-electron chi connectivity index (χ0n) is 15.5. The highest BCUT2D eigenvalue weighted by Crippen LogP contribution is 2.63. The molecule has 2 aliphatic carbocycles. The first-order valence-electron chi connectivity index (χ1n) is 9.58. The molecule has 2 atom stereocenters. The Hall–Kier alpha value is -2.36. The van der Waals surface area contributed by atoms with Crippen LogP contribution < -0.4 is 20.1 Å². The molecule has 4 nitrogen and oxygen atoms in total. The van der Waals surface area contributed by atoms with Crippen LogP contribution in [0.2, 0.25) is 0 Å². The SMILES string of the molecule is COc1cccc(NC23CCC2C2(CCC2)Nc2cc(OC)ccc23)c1. The Kier molecular flexibility index (Phi) is 3.40. The summed E-state index contributed by atoms with van der Waals surface area (Å²) in [6, 6.07) is 14.8. The lowest BCUT2D eigenvalue weighted by molar-refractivity contribution is 0.0196. The highest BCUT2D eigenvalue weighted by atomic mass is 16.5. The smallest absolute Gasteiger partial charge is 0.120 e. The molecule has 4 heteroatoms. The van der Waals surface area contributed by atoms with Gasteiger partial charge in [-0.3, -0.25) is 0 Å². The third kappa shape index (κ3) is 2.08. The average molecular weight is 350 g/mol. The van der Waals surface area contributed by atoms with Crippen LogP contribution in [0.25, 0.3) is 0 Å². The molecule has 0 amide bonds. The molecule has 1 aliphatic heterocycles. The van der Waals surface area contributed by atoms with E-state index in [1.807, 2.05) is 6.07 Å². The molecule has 0 bridgehead atoms. The van der Waals surface area contributed by atoms with Crippen molar-refractivity contribution in [1.29, 1.82) is 0 Å². The third-order valence-corrected chi connectivity index (χ3v) is 6.86. The largest absolute Gasteiger partial charge is 0.497 e. The maximum Gasteiger partial charge on any atom is 0.120 e. The summed E-state index contributed by atoms with van der Waals surface area (Å²) < 4.78 is 10.9. The van der Waals surface area contributed by atoms with Gasteiger partial charge in [0.15, 0.2) is 0 Å². The number of fused-ring (bicyclic) bond motifs is 4. The van der Waals surface area contributed by atoms with Gasteiger partial charge in [0.05, 0.1) is 19.8 Å². The molecule has 0 saturated heterocycles. The maximum atomic E-state index is 5.48. The first-order valence-corrected chi connectivity index (χ1v) is 9.58. The van der Waals surface area contributed by atoms with Gasteiger partial charge in [-0.05, 0) is 50.3 Å². The fourth-order valence-corrected chi connectivity index (χ4v) is 5.35. The van der Waals surface area contributed by atoms with E-state index in [0.717, 1.165) is 23.6 Å². The van der Waals surface area contributed by atoms with Gasteiger partial charge in [0.2, 0.25) is 0 Å². The van der Waals surface area contributed by atoms with Crippen LogP contribution in [0.4, 0.5) is 11.4 Å². The number of anilines is 2. The van der Waals surface area contributed by atoms with Crippen molar-refractivity contribution in [2.75, 3.05) is 24.9 Å². The lowest BCUT2D eigenvalue weighted by Crippen LogP contribution is -2.68. The zero-order valence-corrected chi connectivity index (χ0v) is 15.5. The summed E-state index contributed by atoms with van der Waals surface area (Å²) in [6.07, 6.45) is 6.27. The van der Waals surface area contributed by atoms with E-state index < -0.39 is 0 Å². The molecule has 2 N–H and O–H groups in total. The second kappa shape index (κ2) is 5.57. The second-order valence-electron chi connectivity index (χ2n) is 7.97. The lowest BCUT2D eigenvalue weighted by Gasteiger charge is -2.66. The van der Waals surface area contributed by atoms with Crippen LogP contribution in [0.3, 0.4) is 0 Å². The van der Waals surface area contributed by atoms with Crippen LogP contribution in [0, 0.1) is 5.92 Å². The summed E-state index contributed by atoms with van der Waals surface area (Å²) in [5.41, 5.74) is 3.97. The van der Waals surface area contributed by atoms with Crippen molar-refractivity contribution in [3.63, 3.8) is 0 Å². The molecule has 2 saturated carbocycles. The Balaban J connectivity index is 1.60. The summed E-state index contributed by atoms with van der Waals surface area (Å²) in [5, 5.41) is 7.83. The maximum absolute atomic E-state index is 5.48. The molecular weight excluding hydrogens is 324 g/mol. The number of nitrogens with one attached hydrogen (secondary N) is 2. The molecular formula is C22H26N2O2. The number of hydrogen-bond acceptors (Lipinski definition) is 4.